The monoisotopic (exact) mass is 400 g/mol. The third-order valence-corrected chi connectivity index (χ3v) is 5.98. The molecule has 1 aromatic carbocycles. The van der Waals surface area contributed by atoms with Crippen molar-refractivity contribution in [3.63, 3.8) is 0 Å². The number of nitrogens with zero attached hydrogens (tertiary/aromatic N) is 1. The molecule has 1 saturated carbocycles. The van der Waals surface area contributed by atoms with Gasteiger partial charge in [0.05, 0.1) is 11.3 Å². The fourth-order valence-electron chi connectivity index (χ4n) is 3.65. The van der Waals surface area contributed by atoms with Crippen molar-refractivity contribution in [3.8, 4) is 0 Å². The van der Waals surface area contributed by atoms with Gasteiger partial charge in [0, 0.05) is 4.90 Å². The fourth-order valence-corrected chi connectivity index (χ4v) is 4.48. The van der Waals surface area contributed by atoms with Crippen LogP contribution in [0.25, 0.3) is 0 Å². The molecule has 0 atom stereocenters. The largest absolute Gasteiger partial charge is 0.416 e. The topological polar surface area (TPSA) is 66.5 Å². The van der Waals surface area contributed by atoms with E-state index in [4.69, 9.17) is 0 Å². The molecule has 2 fully saturated rings. The zero-order valence-electron chi connectivity index (χ0n) is 14.5. The zero-order valence-corrected chi connectivity index (χ0v) is 15.3. The van der Waals surface area contributed by atoms with Crippen LogP contribution >= 0.6 is 11.8 Å². The first-order valence-electron chi connectivity index (χ1n) is 8.67. The summed E-state index contributed by atoms with van der Waals surface area (Å²) in [5, 5.41) is 2.32. The summed E-state index contributed by atoms with van der Waals surface area (Å²) in [7, 11) is 0. The summed E-state index contributed by atoms with van der Waals surface area (Å²) in [6.07, 6.45) is -0.940. The number of amides is 3. The van der Waals surface area contributed by atoms with Gasteiger partial charge in [-0.15, -0.1) is 11.8 Å². The number of carbonyl (C=O) groups excluding carboxylic acids is 3. The number of rotatable bonds is 3. The molecule has 3 amide bonds. The normalized spacial score (nSPS) is 19.9. The van der Waals surface area contributed by atoms with E-state index in [1.54, 1.807) is 0 Å². The first-order valence-corrected chi connectivity index (χ1v) is 9.66. The minimum Gasteiger partial charge on any atom is -0.318 e. The standard InChI is InChI=1S/C18H19F3N2O3S/c19-18(20,21)12-5-4-6-13(9-12)27-11-15(25)23-10-14(24)22-16(26)17(23)7-2-1-3-8-17/h4-6,9H,1-3,7-8,10-11H2,(H,22,24,26). The van der Waals surface area contributed by atoms with Gasteiger partial charge in [-0.25, -0.2) is 0 Å². The molecule has 0 radical (unpaired) electrons. The van der Waals surface area contributed by atoms with E-state index in [2.05, 4.69) is 5.32 Å². The van der Waals surface area contributed by atoms with Crippen molar-refractivity contribution in [2.75, 3.05) is 12.3 Å². The van der Waals surface area contributed by atoms with Gasteiger partial charge in [0.2, 0.25) is 11.8 Å². The molecule has 1 heterocycles. The van der Waals surface area contributed by atoms with E-state index in [0.29, 0.717) is 17.7 Å². The van der Waals surface area contributed by atoms with Crippen molar-refractivity contribution >= 4 is 29.5 Å². The molecule has 3 rings (SSSR count). The molecule has 1 spiro atoms. The van der Waals surface area contributed by atoms with Gasteiger partial charge in [-0.05, 0) is 31.0 Å². The number of hydrogen-bond donors (Lipinski definition) is 1. The van der Waals surface area contributed by atoms with Crippen LogP contribution in [0.3, 0.4) is 0 Å². The van der Waals surface area contributed by atoms with E-state index in [9.17, 15) is 27.6 Å². The average molecular weight is 400 g/mol. The lowest BCUT2D eigenvalue weighted by Crippen LogP contribution is -2.69. The van der Waals surface area contributed by atoms with Crippen LogP contribution in [0.4, 0.5) is 13.2 Å². The fraction of sp³-hybridized carbons (Fsp3) is 0.500. The molecule has 146 valence electrons. The number of hydrogen-bond acceptors (Lipinski definition) is 4. The van der Waals surface area contributed by atoms with Crippen LogP contribution in [-0.2, 0) is 20.6 Å². The van der Waals surface area contributed by atoms with Gasteiger partial charge in [-0.3, -0.25) is 19.7 Å². The number of alkyl halides is 3. The van der Waals surface area contributed by atoms with Gasteiger partial charge >= 0.3 is 6.18 Å². The van der Waals surface area contributed by atoms with Crippen molar-refractivity contribution in [2.45, 2.75) is 48.7 Å². The minimum absolute atomic E-state index is 0.135. The molecular weight excluding hydrogens is 381 g/mol. The predicted octanol–water partition coefficient (Wildman–Crippen LogP) is 2.99. The predicted molar refractivity (Wildman–Crippen MR) is 92.8 cm³/mol. The Morgan fingerprint density at radius 1 is 1.19 bits per heavy atom. The summed E-state index contributed by atoms with van der Waals surface area (Å²) >= 11 is 0.968. The summed E-state index contributed by atoms with van der Waals surface area (Å²) in [4.78, 5) is 38.7. The minimum atomic E-state index is -4.45. The molecule has 1 aliphatic heterocycles. The van der Waals surface area contributed by atoms with Crippen LogP contribution in [0, 0.1) is 0 Å². The molecule has 27 heavy (non-hydrogen) atoms. The Labute approximate surface area is 158 Å². The first-order chi connectivity index (χ1) is 12.7. The SMILES string of the molecule is O=C1CN(C(=O)CSc2cccc(C(F)(F)F)c2)C2(CCCCC2)C(=O)N1. The Balaban J connectivity index is 1.74. The number of imide groups is 1. The van der Waals surface area contributed by atoms with Crippen molar-refractivity contribution in [2.24, 2.45) is 0 Å². The maximum absolute atomic E-state index is 12.8. The lowest BCUT2D eigenvalue weighted by Gasteiger charge is -2.47. The highest BCUT2D eigenvalue weighted by Crippen LogP contribution is 2.37. The first kappa shape index (κ1) is 19.7. The van der Waals surface area contributed by atoms with Crippen molar-refractivity contribution in [1.29, 1.82) is 0 Å². The van der Waals surface area contributed by atoms with Crippen LogP contribution in [0.1, 0.15) is 37.7 Å². The summed E-state index contributed by atoms with van der Waals surface area (Å²) in [6.45, 7) is -0.201. The molecule has 0 aromatic heterocycles. The Hall–Kier alpha value is -2.03. The Bertz CT molecular complexity index is 760. The lowest BCUT2D eigenvalue weighted by atomic mass is 9.78. The Kier molecular flexibility index (Phi) is 5.50. The number of thioether (sulfide) groups is 1. The van der Waals surface area contributed by atoms with Gasteiger partial charge in [-0.1, -0.05) is 25.3 Å². The number of nitrogens with one attached hydrogen (secondary N) is 1. The quantitative estimate of drug-likeness (QED) is 0.626. The van der Waals surface area contributed by atoms with Gasteiger partial charge in [0.15, 0.2) is 0 Å². The molecular formula is C18H19F3N2O3S. The Morgan fingerprint density at radius 2 is 1.89 bits per heavy atom. The highest BCUT2D eigenvalue weighted by Gasteiger charge is 2.50. The number of carbonyl (C=O) groups is 3. The second kappa shape index (κ2) is 7.53. The van der Waals surface area contributed by atoms with Gasteiger partial charge in [-0.2, -0.15) is 13.2 Å². The van der Waals surface area contributed by atoms with Crippen LogP contribution in [0.5, 0.6) is 0 Å². The molecule has 0 bridgehead atoms. The molecule has 1 saturated heterocycles. The van der Waals surface area contributed by atoms with E-state index < -0.39 is 35.0 Å². The summed E-state index contributed by atoms with van der Waals surface area (Å²) in [6, 6.07) is 4.74. The highest BCUT2D eigenvalue weighted by atomic mass is 32.2. The maximum atomic E-state index is 12.8. The molecule has 1 aliphatic carbocycles. The molecule has 9 heteroatoms. The van der Waals surface area contributed by atoms with Crippen LogP contribution in [-0.4, -0.2) is 40.5 Å². The molecule has 1 aromatic rings. The van der Waals surface area contributed by atoms with E-state index in [1.807, 2.05) is 0 Å². The van der Waals surface area contributed by atoms with Crippen molar-refractivity contribution < 1.29 is 27.6 Å². The van der Waals surface area contributed by atoms with E-state index >= 15 is 0 Å². The molecule has 2 aliphatic rings. The summed E-state index contributed by atoms with van der Waals surface area (Å²) in [5.74, 6) is -1.53. The van der Waals surface area contributed by atoms with E-state index in [1.165, 1.54) is 17.0 Å². The highest BCUT2D eigenvalue weighted by molar-refractivity contribution is 8.00. The van der Waals surface area contributed by atoms with Crippen molar-refractivity contribution in [1.82, 2.24) is 10.2 Å². The number of halogens is 3. The van der Waals surface area contributed by atoms with Crippen LogP contribution < -0.4 is 5.32 Å². The Morgan fingerprint density at radius 3 is 2.56 bits per heavy atom. The number of benzene rings is 1. The number of piperazine rings is 1. The van der Waals surface area contributed by atoms with Crippen LogP contribution in [0.15, 0.2) is 29.2 Å². The zero-order chi connectivity index (χ0) is 19.7. The maximum Gasteiger partial charge on any atom is 0.416 e. The van der Waals surface area contributed by atoms with Gasteiger partial charge < -0.3 is 4.90 Å². The second-order valence-corrected chi connectivity index (χ2v) is 7.81. The smallest absolute Gasteiger partial charge is 0.318 e. The third kappa shape index (κ3) is 4.12. The molecule has 1 N–H and O–H groups in total. The molecule has 0 unspecified atom stereocenters. The lowest BCUT2D eigenvalue weighted by molar-refractivity contribution is -0.158. The molecule has 5 nitrogen and oxygen atoms in total. The third-order valence-electron chi connectivity index (χ3n) is 5.00. The van der Waals surface area contributed by atoms with E-state index in [-0.39, 0.29) is 12.3 Å². The van der Waals surface area contributed by atoms with Gasteiger partial charge in [0.25, 0.3) is 5.91 Å². The van der Waals surface area contributed by atoms with Crippen molar-refractivity contribution in [3.05, 3.63) is 29.8 Å². The van der Waals surface area contributed by atoms with Gasteiger partial charge in [0.1, 0.15) is 12.1 Å². The summed E-state index contributed by atoms with van der Waals surface area (Å²) in [5.41, 5.74) is -1.80. The van der Waals surface area contributed by atoms with Crippen LogP contribution in [0.2, 0.25) is 0 Å². The second-order valence-electron chi connectivity index (χ2n) is 6.76. The van der Waals surface area contributed by atoms with E-state index in [0.717, 1.165) is 43.2 Å². The summed E-state index contributed by atoms with van der Waals surface area (Å²) < 4.78 is 38.4. The average Bonchev–Trinajstić information content (AvgIpc) is 2.63.